The van der Waals surface area contributed by atoms with Gasteiger partial charge in [0, 0.05) is 22.8 Å². The van der Waals surface area contributed by atoms with Crippen molar-refractivity contribution in [1.29, 1.82) is 0 Å². The van der Waals surface area contributed by atoms with Gasteiger partial charge in [0.05, 0.1) is 5.41 Å². The lowest BCUT2D eigenvalue weighted by Gasteiger charge is -2.28. The summed E-state index contributed by atoms with van der Waals surface area (Å²) in [6.07, 6.45) is 3.73. The summed E-state index contributed by atoms with van der Waals surface area (Å²) in [5, 5.41) is 6.46. The van der Waals surface area contributed by atoms with E-state index in [4.69, 9.17) is 11.6 Å². The molecule has 0 aliphatic heterocycles. The Bertz CT molecular complexity index is 779. The minimum atomic E-state index is -0.511. The van der Waals surface area contributed by atoms with Crippen molar-refractivity contribution in [2.75, 3.05) is 11.9 Å². The molecule has 2 N–H and O–H groups in total. The topological polar surface area (TPSA) is 58.2 Å². The molecule has 1 saturated carbocycles. The minimum Gasteiger partial charge on any atom is -0.352 e. The van der Waals surface area contributed by atoms with Gasteiger partial charge in [-0.25, -0.2) is 0 Å². The first kappa shape index (κ1) is 18.5. The Morgan fingerprint density at radius 3 is 2.19 bits per heavy atom. The summed E-state index contributed by atoms with van der Waals surface area (Å²) >= 11 is 6.00. The van der Waals surface area contributed by atoms with E-state index in [0.717, 1.165) is 31.2 Å². The number of carbonyl (C=O) groups is 2. The normalized spacial score (nSPS) is 15.5. The summed E-state index contributed by atoms with van der Waals surface area (Å²) in [7, 11) is 0. The maximum Gasteiger partial charge on any atom is 0.251 e. The standard InChI is InChI=1S/C21H23ClN2O2/c1-2-23-19(25)15-5-11-18(12-6-15)24-20(26)21(13-3-4-14-21)16-7-9-17(22)10-8-16/h5-12H,2-4,13-14H2,1H3,(H,23,25)(H,24,26). The van der Waals surface area contributed by atoms with E-state index in [1.54, 1.807) is 24.3 Å². The van der Waals surface area contributed by atoms with E-state index in [-0.39, 0.29) is 11.8 Å². The van der Waals surface area contributed by atoms with E-state index in [9.17, 15) is 9.59 Å². The molecule has 0 saturated heterocycles. The van der Waals surface area contributed by atoms with E-state index in [1.807, 2.05) is 31.2 Å². The molecule has 5 heteroatoms. The van der Waals surface area contributed by atoms with E-state index in [2.05, 4.69) is 10.6 Å². The lowest BCUT2D eigenvalue weighted by molar-refractivity contribution is -0.121. The first-order valence-electron chi connectivity index (χ1n) is 9.01. The minimum absolute atomic E-state index is 0.00285. The molecule has 136 valence electrons. The molecule has 2 aromatic carbocycles. The van der Waals surface area contributed by atoms with Gasteiger partial charge in [-0.1, -0.05) is 36.6 Å². The zero-order valence-corrected chi connectivity index (χ0v) is 15.6. The fourth-order valence-electron chi connectivity index (χ4n) is 3.61. The number of amides is 2. The van der Waals surface area contributed by atoms with Crippen LogP contribution in [-0.2, 0) is 10.2 Å². The monoisotopic (exact) mass is 370 g/mol. The predicted octanol–water partition coefficient (Wildman–Crippen LogP) is 4.54. The third-order valence-corrected chi connectivity index (χ3v) is 5.28. The number of benzene rings is 2. The highest BCUT2D eigenvalue weighted by Crippen LogP contribution is 2.42. The van der Waals surface area contributed by atoms with Gasteiger partial charge in [-0.05, 0) is 61.7 Å². The second kappa shape index (κ2) is 7.92. The van der Waals surface area contributed by atoms with Crippen molar-refractivity contribution in [1.82, 2.24) is 5.32 Å². The fraction of sp³-hybridized carbons (Fsp3) is 0.333. The van der Waals surface area contributed by atoms with Crippen LogP contribution in [0, 0.1) is 0 Å². The molecule has 0 radical (unpaired) electrons. The van der Waals surface area contributed by atoms with Crippen LogP contribution in [0.15, 0.2) is 48.5 Å². The van der Waals surface area contributed by atoms with Gasteiger partial charge in [-0.15, -0.1) is 0 Å². The van der Waals surface area contributed by atoms with Gasteiger partial charge in [0.25, 0.3) is 5.91 Å². The highest BCUT2D eigenvalue weighted by Gasteiger charge is 2.42. The summed E-state index contributed by atoms with van der Waals surface area (Å²) in [6, 6.07) is 14.6. The highest BCUT2D eigenvalue weighted by molar-refractivity contribution is 6.30. The molecule has 1 aliphatic carbocycles. The summed E-state index contributed by atoms with van der Waals surface area (Å²) in [6.45, 7) is 2.46. The number of carbonyl (C=O) groups excluding carboxylic acids is 2. The summed E-state index contributed by atoms with van der Waals surface area (Å²) < 4.78 is 0. The van der Waals surface area contributed by atoms with Gasteiger partial charge in [-0.2, -0.15) is 0 Å². The number of halogens is 1. The number of rotatable bonds is 5. The van der Waals surface area contributed by atoms with Crippen LogP contribution < -0.4 is 10.6 Å². The van der Waals surface area contributed by atoms with E-state index >= 15 is 0 Å². The van der Waals surface area contributed by atoms with Gasteiger partial charge in [0.15, 0.2) is 0 Å². The van der Waals surface area contributed by atoms with Gasteiger partial charge >= 0.3 is 0 Å². The molecule has 0 unspecified atom stereocenters. The van der Waals surface area contributed by atoms with E-state index < -0.39 is 5.41 Å². The molecule has 0 aromatic heterocycles. The Morgan fingerprint density at radius 2 is 1.62 bits per heavy atom. The van der Waals surface area contributed by atoms with E-state index in [0.29, 0.717) is 22.8 Å². The molecule has 3 rings (SSSR count). The SMILES string of the molecule is CCNC(=O)c1ccc(NC(=O)C2(c3ccc(Cl)cc3)CCCC2)cc1. The molecule has 2 aromatic rings. The van der Waals surface area contributed by atoms with Crippen LogP contribution in [0.5, 0.6) is 0 Å². The third-order valence-electron chi connectivity index (χ3n) is 5.03. The van der Waals surface area contributed by atoms with Crippen LogP contribution in [0.3, 0.4) is 0 Å². The fourth-order valence-corrected chi connectivity index (χ4v) is 3.74. The number of nitrogens with one attached hydrogen (secondary N) is 2. The molecule has 1 aliphatic rings. The van der Waals surface area contributed by atoms with Crippen molar-refractivity contribution < 1.29 is 9.59 Å². The molecule has 2 amide bonds. The molecule has 0 spiro atoms. The zero-order chi connectivity index (χ0) is 18.6. The second-order valence-electron chi connectivity index (χ2n) is 6.69. The summed E-state index contributed by atoms with van der Waals surface area (Å²) in [5.74, 6) is -0.109. The molecular formula is C21H23ClN2O2. The maximum atomic E-state index is 13.1. The number of hydrogen-bond donors (Lipinski definition) is 2. The first-order chi connectivity index (χ1) is 12.5. The Hall–Kier alpha value is -2.33. The Labute approximate surface area is 158 Å². The Morgan fingerprint density at radius 1 is 1.00 bits per heavy atom. The van der Waals surface area contributed by atoms with Gasteiger partial charge in [0.1, 0.15) is 0 Å². The smallest absolute Gasteiger partial charge is 0.251 e. The molecule has 1 fully saturated rings. The van der Waals surface area contributed by atoms with Crippen molar-refractivity contribution in [2.24, 2.45) is 0 Å². The quantitative estimate of drug-likeness (QED) is 0.811. The van der Waals surface area contributed by atoms with Crippen molar-refractivity contribution in [2.45, 2.75) is 38.0 Å². The summed E-state index contributed by atoms with van der Waals surface area (Å²) in [5.41, 5.74) is 1.78. The molecule has 0 atom stereocenters. The molecule has 4 nitrogen and oxygen atoms in total. The van der Waals surface area contributed by atoms with Gasteiger partial charge < -0.3 is 10.6 Å². The van der Waals surface area contributed by atoms with E-state index in [1.165, 1.54) is 0 Å². The zero-order valence-electron chi connectivity index (χ0n) is 14.8. The van der Waals surface area contributed by atoms with Crippen LogP contribution in [0.25, 0.3) is 0 Å². The van der Waals surface area contributed by atoms with Gasteiger partial charge in [-0.3, -0.25) is 9.59 Å². The van der Waals surface area contributed by atoms with Crippen molar-refractivity contribution in [3.05, 3.63) is 64.7 Å². The lowest BCUT2D eigenvalue weighted by atomic mass is 9.78. The van der Waals surface area contributed by atoms with Crippen LogP contribution in [0.2, 0.25) is 5.02 Å². The third kappa shape index (κ3) is 3.75. The highest BCUT2D eigenvalue weighted by atomic mass is 35.5. The molecule has 26 heavy (non-hydrogen) atoms. The van der Waals surface area contributed by atoms with Gasteiger partial charge in [0.2, 0.25) is 5.91 Å². The Kier molecular flexibility index (Phi) is 5.62. The average molecular weight is 371 g/mol. The second-order valence-corrected chi connectivity index (χ2v) is 7.12. The van der Waals surface area contributed by atoms with Crippen LogP contribution in [0.1, 0.15) is 48.5 Å². The van der Waals surface area contributed by atoms with Crippen LogP contribution in [0.4, 0.5) is 5.69 Å². The Balaban J connectivity index is 1.78. The lowest BCUT2D eigenvalue weighted by Crippen LogP contribution is -2.38. The predicted molar refractivity (Wildman–Crippen MR) is 105 cm³/mol. The molecule has 0 bridgehead atoms. The summed E-state index contributed by atoms with van der Waals surface area (Å²) in [4.78, 5) is 25.0. The number of hydrogen-bond acceptors (Lipinski definition) is 2. The van der Waals surface area contributed by atoms with Crippen molar-refractivity contribution in [3.63, 3.8) is 0 Å². The molecule has 0 heterocycles. The van der Waals surface area contributed by atoms with Crippen LogP contribution >= 0.6 is 11.6 Å². The molecular weight excluding hydrogens is 348 g/mol. The largest absolute Gasteiger partial charge is 0.352 e. The number of anilines is 1. The first-order valence-corrected chi connectivity index (χ1v) is 9.39. The average Bonchev–Trinajstić information content (AvgIpc) is 3.14. The maximum absolute atomic E-state index is 13.1. The van der Waals surface area contributed by atoms with Crippen LogP contribution in [-0.4, -0.2) is 18.4 Å². The van der Waals surface area contributed by atoms with Crippen molar-refractivity contribution >= 4 is 29.1 Å². The van der Waals surface area contributed by atoms with Crippen molar-refractivity contribution in [3.8, 4) is 0 Å².